The summed E-state index contributed by atoms with van der Waals surface area (Å²) >= 11 is 4.11. The summed E-state index contributed by atoms with van der Waals surface area (Å²) in [4.78, 5) is 23.4. The molecule has 20 heavy (non-hydrogen) atoms. The first-order valence-corrected chi connectivity index (χ1v) is 7.91. The van der Waals surface area contributed by atoms with Crippen LogP contribution in [0.4, 0.5) is 4.39 Å². The number of hydrogen-bond acceptors (Lipinski definition) is 3. The van der Waals surface area contributed by atoms with Crippen LogP contribution in [0.15, 0.2) is 21.5 Å². The number of thioether (sulfide) groups is 1. The van der Waals surface area contributed by atoms with Gasteiger partial charge in [-0.1, -0.05) is 38.5 Å². The van der Waals surface area contributed by atoms with E-state index in [0.717, 1.165) is 37.1 Å². The van der Waals surface area contributed by atoms with E-state index in [1.807, 2.05) is 6.92 Å². The zero-order valence-corrected chi connectivity index (χ0v) is 13.7. The fourth-order valence-electron chi connectivity index (χ4n) is 1.61. The molecule has 0 heterocycles. The number of carboxylic acids is 1. The summed E-state index contributed by atoms with van der Waals surface area (Å²) in [5, 5.41) is 8.85. The van der Waals surface area contributed by atoms with E-state index >= 15 is 0 Å². The molecule has 3 nitrogen and oxygen atoms in total. The minimum absolute atomic E-state index is 0.0397. The Kier molecular flexibility index (Phi) is 6.68. The zero-order valence-electron chi connectivity index (χ0n) is 11.3. The third-order valence-corrected chi connectivity index (χ3v) is 4.94. The minimum atomic E-state index is -1.34. The van der Waals surface area contributed by atoms with Gasteiger partial charge in [-0.05, 0) is 34.5 Å². The molecule has 1 aromatic rings. The lowest BCUT2D eigenvalue weighted by Gasteiger charge is -2.11. The quantitative estimate of drug-likeness (QED) is 0.743. The number of unbranched alkanes of at least 4 members (excludes halogenated alkanes) is 1. The molecule has 0 saturated heterocycles. The number of benzene rings is 1. The van der Waals surface area contributed by atoms with Gasteiger partial charge in [0.1, 0.15) is 5.82 Å². The van der Waals surface area contributed by atoms with Crippen LogP contribution in [0.25, 0.3) is 0 Å². The summed E-state index contributed by atoms with van der Waals surface area (Å²) in [6.45, 7) is 3.90. The fourth-order valence-corrected chi connectivity index (χ4v) is 3.04. The average Bonchev–Trinajstić information content (AvgIpc) is 2.38. The monoisotopic (exact) mass is 362 g/mol. The lowest BCUT2D eigenvalue weighted by atomic mass is 10.1. The molecule has 0 saturated carbocycles. The van der Waals surface area contributed by atoms with E-state index in [1.165, 1.54) is 6.07 Å². The van der Waals surface area contributed by atoms with Crippen LogP contribution in [0.1, 0.15) is 43.5 Å². The van der Waals surface area contributed by atoms with Gasteiger partial charge in [-0.15, -0.1) is 0 Å². The van der Waals surface area contributed by atoms with Crippen LogP contribution in [0.2, 0.25) is 0 Å². The van der Waals surface area contributed by atoms with Crippen molar-refractivity contribution in [2.24, 2.45) is 5.92 Å². The number of hydrogen-bond donors (Lipinski definition) is 1. The van der Waals surface area contributed by atoms with Crippen molar-refractivity contribution in [3.63, 3.8) is 0 Å². The highest BCUT2D eigenvalue weighted by Crippen LogP contribution is 2.33. The molecule has 6 heteroatoms. The average molecular weight is 363 g/mol. The van der Waals surface area contributed by atoms with Crippen LogP contribution in [0, 0.1) is 11.7 Å². The Hall–Kier alpha value is -0.880. The SMILES string of the molecule is CCCCC(C)C(=O)Sc1cc(C(=O)O)c(F)cc1Br. The molecule has 0 radical (unpaired) electrons. The molecule has 0 fully saturated rings. The second-order valence-corrected chi connectivity index (χ2v) is 6.43. The molecular weight excluding hydrogens is 347 g/mol. The molecule has 0 spiro atoms. The largest absolute Gasteiger partial charge is 0.478 e. The standard InChI is InChI=1S/C14H16BrFO3S/c1-3-4-5-8(2)14(19)20-12-6-9(13(17)18)11(16)7-10(12)15/h6-8H,3-5H2,1-2H3,(H,17,18). The maximum Gasteiger partial charge on any atom is 0.338 e. The predicted octanol–water partition coefficient (Wildman–Crippen LogP) is 4.73. The van der Waals surface area contributed by atoms with E-state index in [9.17, 15) is 14.0 Å². The summed E-state index contributed by atoms with van der Waals surface area (Å²) < 4.78 is 13.8. The second kappa shape index (κ2) is 7.78. The van der Waals surface area contributed by atoms with Gasteiger partial charge >= 0.3 is 5.97 Å². The van der Waals surface area contributed by atoms with Gasteiger partial charge in [0.25, 0.3) is 0 Å². The maximum atomic E-state index is 13.4. The van der Waals surface area contributed by atoms with Crippen LogP contribution in [-0.2, 0) is 4.79 Å². The highest BCUT2D eigenvalue weighted by Gasteiger charge is 2.19. The first-order chi connectivity index (χ1) is 9.36. The molecule has 1 atom stereocenters. The minimum Gasteiger partial charge on any atom is -0.478 e. The van der Waals surface area contributed by atoms with Gasteiger partial charge in [0.15, 0.2) is 5.12 Å². The second-order valence-electron chi connectivity index (χ2n) is 4.53. The van der Waals surface area contributed by atoms with E-state index in [0.29, 0.717) is 9.37 Å². The predicted molar refractivity (Wildman–Crippen MR) is 80.6 cm³/mol. The van der Waals surface area contributed by atoms with Crippen molar-refractivity contribution in [1.29, 1.82) is 0 Å². The zero-order chi connectivity index (χ0) is 15.3. The Labute approximate surface area is 130 Å². The lowest BCUT2D eigenvalue weighted by Crippen LogP contribution is -2.07. The number of carbonyl (C=O) groups excluding carboxylic acids is 1. The molecule has 1 unspecified atom stereocenters. The molecule has 0 amide bonds. The third kappa shape index (κ3) is 4.59. The summed E-state index contributed by atoms with van der Waals surface area (Å²) in [6, 6.07) is 2.27. The van der Waals surface area contributed by atoms with Crippen molar-refractivity contribution in [3.05, 3.63) is 28.0 Å². The summed E-state index contributed by atoms with van der Waals surface area (Å²) in [5.74, 6) is -2.27. The Morgan fingerprint density at radius 2 is 2.10 bits per heavy atom. The summed E-state index contributed by atoms with van der Waals surface area (Å²) in [5.41, 5.74) is -0.426. The maximum absolute atomic E-state index is 13.4. The Morgan fingerprint density at radius 3 is 2.65 bits per heavy atom. The van der Waals surface area contributed by atoms with Crippen LogP contribution in [0.3, 0.4) is 0 Å². The lowest BCUT2D eigenvalue weighted by molar-refractivity contribution is -0.114. The Bertz CT molecular complexity index is 519. The van der Waals surface area contributed by atoms with Gasteiger partial charge < -0.3 is 5.11 Å². The van der Waals surface area contributed by atoms with Gasteiger partial charge in [-0.3, -0.25) is 4.79 Å². The van der Waals surface area contributed by atoms with Crippen molar-refractivity contribution in [3.8, 4) is 0 Å². The molecule has 0 aliphatic heterocycles. The Morgan fingerprint density at radius 1 is 1.45 bits per heavy atom. The normalized spacial score (nSPS) is 12.2. The van der Waals surface area contributed by atoms with Crippen molar-refractivity contribution >= 4 is 38.8 Å². The smallest absolute Gasteiger partial charge is 0.338 e. The van der Waals surface area contributed by atoms with E-state index in [-0.39, 0.29) is 11.0 Å². The van der Waals surface area contributed by atoms with Crippen molar-refractivity contribution in [1.82, 2.24) is 0 Å². The third-order valence-electron chi connectivity index (χ3n) is 2.86. The molecule has 0 aliphatic rings. The molecule has 1 N–H and O–H groups in total. The van der Waals surface area contributed by atoms with Crippen LogP contribution in [0.5, 0.6) is 0 Å². The van der Waals surface area contributed by atoms with Gasteiger partial charge in [-0.25, -0.2) is 9.18 Å². The van der Waals surface area contributed by atoms with E-state index in [2.05, 4.69) is 22.9 Å². The first kappa shape index (κ1) is 17.2. The van der Waals surface area contributed by atoms with Gasteiger partial charge in [-0.2, -0.15) is 0 Å². The molecule has 110 valence electrons. The number of rotatable bonds is 6. The van der Waals surface area contributed by atoms with E-state index < -0.39 is 17.3 Å². The molecule has 1 rings (SSSR count). The van der Waals surface area contributed by atoms with Gasteiger partial charge in [0, 0.05) is 15.3 Å². The number of aromatic carboxylic acids is 1. The van der Waals surface area contributed by atoms with Gasteiger partial charge in [0.2, 0.25) is 0 Å². The highest BCUT2D eigenvalue weighted by atomic mass is 79.9. The molecule has 0 aliphatic carbocycles. The number of halogens is 2. The first-order valence-electron chi connectivity index (χ1n) is 6.30. The van der Waals surface area contributed by atoms with E-state index in [1.54, 1.807) is 0 Å². The van der Waals surface area contributed by atoms with E-state index in [4.69, 9.17) is 5.11 Å². The highest BCUT2D eigenvalue weighted by molar-refractivity contribution is 9.10. The van der Waals surface area contributed by atoms with Crippen LogP contribution >= 0.6 is 27.7 Å². The summed E-state index contributed by atoms with van der Waals surface area (Å²) in [6.07, 6.45) is 2.79. The Balaban J connectivity index is 2.89. The van der Waals surface area contributed by atoms with Crippen LogP contribution < -0.4 is 0 Å². The van der Waals surface area contributed by atoms with Crippen LogP contribution in [-0.4, -0.2) is 16.2 Å². The fraction of sp³-hybridized carbons (Fsp3) is 0.429. The number of carboxylic acid groups (broad SMARTS) is 1. The summed E-state index contributed by atoms with van der Waals surface area (Å²) in [7, 11) is 0. The molecule has 1 aromatic carbocycles. The molecule has 0 bridgehead atoms. The van der Waals surface area contributed by atoms with Crippen molar-refractivity contribution in [2.75, 3.05) is 0 Å². The van der Waals surface area contributed by atoms with Crippen molar-refractivity contribution < 1.29 is 19.1 Å². The number of carbonyl (C=O) groups is 2. The van der Waals surface area contributed by atoms with Crippen molar-refractivity contribution in [2.45, 2.75) is 38.0 Å². The molecule has 0 aromatic heterocycles. The van der Waals surface area contributed by atoms with Gasteiger partial charge in [0.05, 0.1) is 5.56 Å². The topological polar surface area (TPSA) is 54.4 Å². The molecular formula is C14H16BrFO3S.